The molecule has 1 aromatic rings. The first-order valence-corrected chi connectivity index (χ1v) is 7.84. The molecule has 0 aliphatic rings. The number of hydrogen-bond acceptors (Lipinski definition) is 4. The van der Waals surface area contributed by atoms with Gasteiger partial charge in [0.2, 0.25) is 0 Å². The summed E-state index contributed by atoms with van der Waals surface area (Å²) in [5.41, 5.74) is -0.142. The van der Waals surface area contributed by atoms with Crippen LogP contribution in [0.2, 0.25) is 10.0 Å². The second-order valence-corrected chi connectivity index (χ2v) is 7.01. The minimum absolute atomic E-state index is 0.0774. The summed E-state index contributed by atoms with van der Waals surface area (Å²) in [5.74, 6) is -0.765. The van der Waals surface area contributed by atoms with Crippen molar-refractivity contribution in [1.29, 1.82) is 0 Å². The van der Waals surface area contributed by atoms with Crippen LogP contribution in [0.1, 0.15) is 24.2 Å². The van der Waals surface area contributed by atoms with E-state index in [9.17, 15) is 13.2 Å². The Hall–Kier alpha value is -0.490. The van der Waals surface area contributed by atoms with E-state index < -0.39 is 15.0 Å². The summed E-state index contributed by atoms with van der Waals surface area (Å²) in [6.07, 6.45) is -0.372. The minimum atomic E-state index is -4.01. The van der Waals surface area contributed by atoms with Crippen LogP contribution >= 0.6 is 33.9 Å². The number of hydrogen-bond donors (Lipinski definition) is 0. The van der Waals surface area contributed by atoms with Crippen molar-refractivity contribution in [3.8, 4) is 0 Å². The molecule has 0 saturated carbocycles. The Morgan fingerprint density at radius 2 is 1.83 bits per heavy atom. The smallest absolute Gasteiger partial charge is 0.340 e. The topological polar surface area (TPSA) is 60.4 Å². The van der Waals surface area contributed by atoms with Gasteiger partial charge >= 0.3 is 5.97 Å². The molecule has 0 spiro atoms. The number of carbonyl (C=O) groups excluding carboxylic acids is 1. The summed E-state index contributed by atoms with van der Waals surface area (Å²) in [4.78, 5) is 11.4. The molecule has 8 heteroatoms. The molecule has 0 unspecified atom stereocenters. The molecule has 1 rings (SSSR count). The summed E-state index contributed by atoms with van der Waals surface area (Å²) in [7, 11) is 1.18. The molecule has 0 heterocycles. The van der Waals surface area contributed by atoms with E-state index in [4.69, 9.17) is 38.6 Å². The summed E-state index contributed by atoms with van der Waals surface area (Å²) in [5, 5.41) is -0.166. The highest BCUT2D eigenvalue weighted by Crippen LogP contribution is 2.31. The number of carbonyl (C=O) groups is 1. The van der Waals surface area contributed by atoms with Crippen LogP contribution in [-0.2, 0) is 13.8 Å². The number of halogens is 3. The van der Waals surface area contributed by atoms with E-state index in [0.29, 0.717) is 0 Å². The lowest BCUT2D eigenvalue weighted by atomic mass is 10.2. The molecule has 1 aromatic carbocycles. The quantitative estimate of drug-likeness (QED) is 0.628. The van der Waals surface area contributed by atoms with Gasteiger partial charge in [-0.2, -0.15) is 0 Å². The first kappa shape index (κ1) is 15.6. The minimum Gasteiger partial charge on any atom is -0.459 e. The first-order valence-electron chi connectivity index (χ1n) is 4.77. The molecular weight excluding hydrogens is 323 g/mol. The number of esters is 1. The third-order valence-electron chi connectivity index (χ3n) is 1.85. The van der Waals surface area contributed by atoms with Gasteiger partial charge < -0.3 is 4.74 Å². The van der Waals surface area contributed by atoms with Crippen LogP contribution < -0.4 is 0 Å². The fourth-order valence-electron chi connectivity index (χ4n) is 1.13. The average Bonchev–Trinajstić information content (AvgIpc) is 2.18. The van der Waals surface area contributed by atoms with Crippen LogP contribution in [0, 0.1) is 0 Å². The third kappa shape index (κ3) is 3.75. The van der Waals surface area contributed by atoms with E-state index in [1.165, 1.54) is 0 Å². The van der Waals surface area contributed by atoms with E-state index in [1.807, 2.05) is 0 Å². The highest BCUT2D eigenvalue weighted by Gasteiger charge is 2.21. The van der Waals surface area contributed by atoms with Crippen molar-refractivity contribution in [3.05, 3.63) is 27.7 Å². The molecule has 0 fully saturated rings. The molecule has 0 amide bonds. The van der Waals surface area contributed by atoms with Gasteiger partial charge in [0.15, 0.2) is 0 Å². The molecule has 0 radical (unpaired) electrons. The van der Waals surface area contributed by atoms with Crippen molar-refractivity contribution >= 4 is 48.9 Å². The lowest BCUT2D eigenvalue weighted by Crippen LogP contribution is -2.12. The van der Waals surface area contributed by atoms with E-state index in [1.54, 1.807) is 13.8 Å². The van der Waals surface area contributed by atoms with Gasteiger partial charge in [0.05, 0.1) is 26.6 Å². The Morgan fingerprint density at radius 1 is 1.28 bits per heavy atom. The van der Waals surface area contributed by atoms with Gasteiger partial charge in [-0.3, -0.25) is 0 Å². The third-order valence-corrected chi connectivity index (χ3v) is 3.98. The molecule has 4 nitrogen and oxygen atoms in total. The van der Waals surface area contributed by atoms with Crippen molar-refractivity contribution in [3.63, 3.8) is 0 Å². The SMILES string of the molecule is CC(C)OC(=O)c1cc(S(=O)(=O)Cl)cc(Cl)c1Cl. The number of rotatable bonds is 3. The molecule has 0 N–H and O–H groups in total. The Bertz CT molecular complexity index is 581. The standard InChI is InChI=1S/C10H9Cl3O4S/c1-5(2)17-10(14)7-3-6(18(13,15)16)4-8(11)9(7)12/h3-5H,1-2H3. The highest BCUT2D eigenvalue weighted by atomic mass is 35.7. The van der Waals surface area contributed by atoms with E-state index in [0.717, 1.165) is 12.1 Å². The van der Waals surface area contributed by atoms with Crippen molar-refractivity contribution in [2.75, 3.05) is 0 Å². The van der Waals surface area contributed by atoms with E-state index >= 15 is 0 Å². The van der Waals surface area contributed by atoms with Gasteiger partial charge in [-0.05, 0) is 26.0 Å². The van der Waals surface area contributed by atoms with E-state index in [2.05, 4.69) is 0 Å². The van der Waals surface area contributed by atoms with Crippen LogP contribution in [0.25, 0.3) is 0 Å². The average molecular weight is 332 g/mol. The van der Waals surface area contributed by atoms with Gasteiger partial charge in [-0.1, -0.05) is 23.2 Å². The maximum Gasteiger partial charge on any atom is 0.340 e. The van der Waals surface area contributed by atoms with Crippen LogP contribution in [0.15, 0.2) is 17.0 Å². The summed E-state index contributed by atoms with van der Waals surface area (Å²) in [6, 6.07) is 2.10. The maximum absolute atomic E-state index is 11.7. The lowest BCUT2D eigenvalue weighted by Gasteiger charge is -2.10. The van der Waals surface area contributed by atoms with Crippen molar-refractivity contribution in [2.24, 2.45) is 0 Å². The van der Waals surface area contributed by atoms with Crippen LogP contribution in [0.4, 0.5) is 0 Å². The maximum atomic E-state index is 11.7. The molecule has 0 bridgehead atoms. The summed E-state index contributed by atoms with van der Waals surface area (Å²) >= 11 is 11.6. The van der Waals surface area contributed by atoms with Gasteiger partial charge in [-0.15, -0.1) is 0 Å². The second kappa shape index (κ2) is 5.65. The number of ether oxygens (including phenoxy) is 1. The monoisotopic (exact) mass is 330 g/mol. The van der Waals surface area contributed by atoms with Gasteiger partial charge in [-0.25, -0.2) is 13.2 Å². The Balaban J connectivity index is 3.36. The molecular formula is C10H9Cl3O4S. The van der Waals surface area contributed by atoms with Gasteiger partial charge in [0.25, 0.3) is 9.05 Å². The molecule has 0 aliphatic carbocycles. The molecule has 100 valence electrons. The zero-order valence-corrected chi connectivity index (χ0v) is 12.5. The molecule has 18 heavy (non-hydrogen) atoms. The Kier molecular flexibility index (Phi) is 4.89. The van der Waals surface area contributed by atoms with Crippen LogP contribution in [-0.4, -0.2) is 20.5 Å². The normalized spacial score (nSPS) is 11.7. The van der Waals surface area contributed by atoms with Crippen molar-refractivity contribution in [1.82, 2.24) is 0 Å². The van der Waals surface area contributed by atoms with Crippen LogP contribution in [0.5, 0.6) is 0 Å². The van der Waals surface area contributed by atoms with Crippen molar-refractivity contribution in [2.45, 2.75) is 24.8 Å². The van der Waals surface area contributed by atoms with Crippen LogP contribution in [0.3, 0.4) is 0 Å². The molecule has 0 aliphatic heterocycles. The fraction of sp³-hybridized carbons (Fsp3) is 0.300. The zero-order chi connectivity index (χ0) is 14.1. The summed E-state index contributed by atoms with van der Waals surface area (Å²) < 4.78 is 27.3. The molecule has 0 atom stereocenters. The predicted octanol–water partition coefficient (Wildman–Crippen LogP) is 3.49. The lowest BCUT2D eigenvalue weighted by molar-refractivity contribution is 0.0378. The van der Waals surface area contributed by atoms with E-state index in [-0.39, 0.29) is 26.6 Å². The second-order valence-electron chi connectivity index (χ2n) is 3.66. The Morgan fingerprint density at radius 3 is 2.28 bits per heavy atom. The predicted molar refractivity (Wildman–Crippen MR) is 70.1 cm³/mol. The fourth-order valence-corrected chi connectivity index (χ4v) is 2.39. The van der Waals surface area contributed by atoms with Gasteiger partial charge in [0.1, 0.15) is 0 Å². The Labute approximate surface area is 119 Å². The zero-order valence-electron chi connectivity index (χ0n) is 9.41. The first-order chi connectivity index (χ1) is 8.12. The van der Waals surface area contributed by atoms with Gasteiger partial charge in [0, 0.05) is 10.7 Å². The highest BCUT2D eigenvalue weighted by molar-refractivity contribution is 8.13. The number of benzene rings is 1. The largest absolute Gasteiger partial charge is 0.459 e. The molecule has 0 saturated heterocycles. The summed E-state index contributed by atoms with van der Waals surface area (Å²) in [6.45, 7) is 3.30. The molecule has 0 aromatic heterocycles. The van der Waals surface area contributed by atoms with Crippen molar-refractivity contribution < 1.29 is 17.9 Å².